The Morgan fingerprint density at radius 3 is 0.864 bits per heavy atom. The average molecular weight is 1120 g/mol. The fourth-order valence-corrected chi connectivity index (χ4v) is 8.93. The molecule has 0 rings (SSSR count). The minimum Gasteiger partial charge on any atom is -0.462 e. The van der Waals surface area contributed by atoms with Crippen molar-refractivity contribution in [1.82, 2.24) is 0 Å². The van der Waals surface area contributed by atoms with Crippen LogP contribution in [0.5, 0.6) is 0 Å². The van der Waals surface area contributed by atoms with Crippen LogP contribution in [0.2, 0.25) is 0 Å². The van der Waals surface area contributed by atoms with Crippen LogP contribution >= 0.6 is 0 Å². The van der Waals surface area contributed by atoms with Gasteiger partial charge in [0.2, 0.25) is 0 Å². The topological polar surface area (TPSA) is 78.9 Å². The van der Waals surface area contributed by atoms with Crippen LogP contribution < -0.4 is 0 Å². The van der Waals surface area contributed by atoms with Crippen molar-refractivity contribution in [3.63, 3.8) is 0 Å². The van der Waals surface area contributed by atoms with Crippen molar-refractivity contribution >= 4 is 17.9 Å². The predicted octanol–water partition coefficient (Wildman–Crippen LogP) is 23.1. The number of allylic oxidation sites excluding steroid dienone is 23. The minimum atomic E-state index is -0.830. The summed E-state index contributed by atoms with van der Waals surface area (Å²) in [6, 6.07) is 0. The second-order valence-corrected chi connectivity index (χ2v) is 21.6. The Morgan fingerprint density at radius 2 is 0.531 bits per heavy atom. The van der Waals surface area contributed by atoms with Crippen LogP contribution in [-0.4, -0.2) is 37.2 Å². The molecule has 0 N–H and O–H groups in total. The molecule has 1 unspecified atom stereocenters. The molecule has 0 radical (unpaired) electrons. The molecule has 0 heterocycles. The van der Waals surface area contributed by atoms with E-state index in [0.717, 1.165) is 109 Å². The van der Waals surface area contributed by atoms with E-state index in [1.165, 1.54) is 141 Å². The monoisotopic (exact) mass is 1120 g/mol. The first-order valence-corrected chi connectivity index (χ1v) is 33.3. The van der Waals surface area contributed by atoms with E-state index in [1.54, 1.807) is 6.08 Å². The van der Waals surface area contributed by atoms with Crippen molar-refractivity contribution in [2.45, 2.75) is 297 Å². The van der Waals surface area contributed by atoms with Gasteiger partial charge in [0.1, 0.15) is 13.2 Å². The molecule has 0 saturated heterocycles. The van der Waals surface area contributed by atoms with Crippen molar-refractivity contribution in [1.29, 1.82) is 0 Å². The van der Waals surface area contributed by atoms with Gasteiger partial charge in [0.05, 0.1) is 6.42 Å². The molecule has 0 aromatic rings. The van der Waals surface area contributed by atoms with Gasteiger partial charge in [-0.1, -0.05) is 295 Å². The number of carbonyl (C=O) groups is 3. The van der Waals surface area contributed by atoms with Gasteiger partial charge < -0.3 is 14.2 Å². The summed E-state index contributed by atoms with van der Waals surface area (Å²) in [5, 5.41) is 0. The van der Waals surface area contributed by atoms with Gasteiger partial charge in [0.15, 0.2) is 6.10 Å². The van der Waals surface area contributed by atoms with Crippen LogP contribution in [0.3, 0.4) is 0 Å². The van der Waals surface area contributed by atoms with Crippen LogP contribution in [0.25, 0.3) is 0 Å². The standard InChI is InChI=1S/C75H122O6/c1-4-7-10-13-16-19-22-25-28-30-32-34-36-37-39-40-42-44-47-50-53-56-59-62-65-68-74(77)80-71-72(70-79-73(76)67-64-61-58-55-52-49-46-27-24-21-18-15-12-9-6-3)81-75(78)69-66-63-60-57-54-51-48-45-43-41-38-35-33-31-29-26-23-20-17-14-11-8-5-2/h8-9,11-12,17-18,20-22,25-27,29-30,32-33,35-37,46,52,55,61,64,72H,4-7,10,13-16,19,23-24,28,31,34,38-45,47-51,53-54,56-60,62-63,65-71H2,1-3H3/b11-8-,12-9-,20-17-,21-18-,25-22-,29-26-,32-30-,35-33-,37-36-,46-27-,55-52-,64-61-. The third kappa shape index (κ3) is 66.0. The van der Waals surface area contributed by atoms with Crippen molar-refractivity contribution < 1.29 is 28.6 Å². The second kappa shape index (κ2) is 67.8. The van der Waals surface area contributed by atoms with Gasteiger partial charge in [-0.05, 0) is 122 Å². The molecule has 6 nitrogen and oxygen atoms in total. The first-order chi connectivity index (χ1) is 40.0. The highest BCUT2D eigenvalue weighted by Crippen LogP contribution is 2.16. The molecular formula is C75H122O6. The SMILES string of the molecule is CC/C=C\C/C=C\C/C=C\C/C=C\C/C=C\CC(=O)OCC(COC(=O)CCCCCCCCCCCC/C=C\C/C=C\C/C=C\CCCCCCC)OC(=O)CCCCCCCCCCCC/C=C\C/C=C\C/C=C\C/C=C\CC. The molecule has 0 saturated carbocycles. The van der Waals surface area contributed by atoms with E-state index in [0.29, 0.717) is 12.8 Å². The molecule has 458 valence electrons. The Labute approximate surface area is 499 Å². The van der Waals surface area contributed by atoms with E-state index in [-0.39, 0.29) is 31.6 Å². The fraction of sp³-hybridized carbons (Fsp3) is 0.640. The van der Waals surface area contributed by atoms with Gasteiger partial charge in [-0.2, -0.15) is 0 Å². The first kappa shape index (κ1) is 76.3. The molecule has 1 atom stereocenters. The van der Waals surface area contributed by atoms with Crippen LogP contribution in [-0.2, 0) is 28.6 Å². The summed E-state index contributed by atoms with van der Waals surface area (Å²) in [5.41, 5.74) is 0. The lowest BCUT2D eigenvalue weighted by molar-refractivity contribution is -0.166. The molecule has 0 amide bonds. The number of rotatable bonds is 59. The lowest BCUT2D eigenvalue weighted by Gasteiger charge is -2.18. The summed E-state index contributed by atoms with van der Waals surface area (Å²) < 4.78 is 16.8. The highest BCUT2D eigenvalue weighted by atomic mass is 16.6. The normalized spacial score (nSPS) is 13.1. The maximum absolute atomic E-state index is 12.9. The summed E-state index contributed by atoms with van der Waals surface area (Å²) in [4.78, 5) is 38.3. The maximum atomic E-state index is 12.9. The number of ether oxygens (including phenoxy) is 3. The number of esters is 3. The van der Waals surface area contributed by atoms with E-state index >= 15 is 0 Å². The van der Waals surface area contributed by atoms with Gasteiger partial charge >= 0.3 is 17.9 Å². The van der Waals surface area contributed by atoms with E-state index in [4.69, 9.17) is 14.2 Å². The molecular weight excluding hydrogens is 997 g/mol. The lowest BCUT2D eigenvalue weighted by Crippen LogP contribution is -2.30. The Bertz CT molecular complexity index is 1760. The summed E-state index contributed by atoms with van der Waals surface area (Å²) in [6.45, 7) is 6.32. The highest BCUT2D eigenvalue weighted by Gasteiger charge is 2.19. The number of hydrogen-bond donors (Lipinski definition) is 0. The fourth-order valence-electron chi connectivity index (χ4n) is 8.93. The zero-order chi connectivity index (χ0) is 58.5. The Morgan fingerprint density at radius 1 is 0.272 bits per heavy atom. The number of carbonyl (C=O) groups excluding carboxylic acids is 3. The summed E-state index contributed by atoms with van der Waals surface area (Å²) in [6.07, 6.45) is 97.4. The number of unbranched alkanes of at least 4 members (excludes halogenated alkanes) is 25. The molecule has 0 aromatic carbocycles. The van der Waals surface area contributed by atoms with Gasteiger partial charge in [-0.25, -0.2) is 0 Å². The van der Waals surface area contributed by atoms with Crippen LogP contribution in [0.15, 0.2) is 146 Å². The molecule has 0 aliphatic heterocycles. The molecule has 0 aliphatic rings. The molecule has 0 aromatic heterocycles. The van der Waals surface area contributed by atoms with Gasteiger partial charge in [-0.15, -0.1) is 0 Å². The molecule has 0 aliphatic carbocycles. The van der Waals surface area contributed by atoms with Crippen molar-refractivity contribution in [3.05, 3.63) is 146 Å². The maximum Gasteiger partial charge on any atom is 0.309 e. The van der Waals surface area contributed by atoms with Crippen LogP contribution in [0, 0.1) is 0 Å². The van der Waals surface area contributed by atoms with Crippen LogP contribution in [0.1, 0.15) is 290 Å². The Kier molecular flexibility index (Phi) is 63.9. The van der Waals surface area contributed by atoms with Gasteiger partial charge in [-0.3, -0.25) is 14.4 Å². The van der Waals surface area contributed by atoms with E-state index in [9.17, 15) is 14.4 Å². The van der Waals surface area contributed by atoms with Crippen molar-refractivity contribution in [2.24, 2.45) is 0 Å². The van der Waals surface area contributed by atoms with Gasteiger partial charge in [0.25, 0.3) is 0 Å². The largest absolute Gasteiger partial charge is 0.462 e. The van der Waals surface area contributed by atoms with Gasteiger partial charge in [0, 0.05) is 12.8 Å². The summed E-state index contributed by atoms with van der Waals surface area (Å²) in [5.74, 6) is -1.06. The summed E-state index contributed by atoms with van der Waals surface area (Å²) in [7, 11) is 0. The first-order valence-electron chi connectivity index (χ1n) is 33.3. The molecule has 0 fully saturated rings. The Balaban J connectivity index is 4.44. The van der Waals surface area contributed by atoms with E-state index in [2.05, 4.69) is 154 Å². The molecule has 0 bridgehead atoms. The molecule has 6 heteroatoms. The predicted molar refractivity (Wildman–Crippen MR) is 352 cm³/mol. The van der Waals surface area contributed by atoms with Crippen molar-refractivity contribution in [2.75, 3.05) is 13.2 Å². The molecule has 81 heavy (non-hydrogen) atoms. The summed E-state index contributed by atoms with van der Waals surface area (Å²) >= 11 is 0. The smallest absolute Gasteiger partial charge is 0.309 e. The quantitative estimate of drug-likeness (QED) is 0.0261. The third-order valence-corrected chi connectivity index (χ3v) is 13.8. The third-order valence-electron chi connectivity index (χ3n) is 13.8. The van der Waals surface area contributed by atoms with Crippen molar-refractivity contribution in [3.8, 4) is 0 Å². The molecule has 0 spiro atoms. The zero-order valence-corrected chi connectivity index (χ0v) is 52.5. The number of hydrogen-bond acceptors (Lipinski definition) is 6. The van der Waals surface area contributed by atoms with Crippen LogP contribution in [0.4, 0.5) is 0 Å². The highest BCUT2D eigenvalue weighted by molar-refractivity contribution is 5.72. The average Bonchev–Trinajstić information content (AvgIpc) is 3.47. The minimum absolute atomic E-state index is 0.116. The zero-order valence-electron chi connectivity index (χ0n) is 52.5. The Hall–Kier alpha value is -4.71. The van der Waals surface area contributed by atoms with E-state index in [1.807, 2.05) is 6.08 Å². The lowest BCUT2D eigenvalue weighted by atomic mass is 10.0. The second-order valence-electron chi connectivity index (χ2n) is 21.6. The van der Waals surface area contributed by atoms with E-state index < -0.39 is 12.1 Å².